The molecule has 0 atom stereocenters. The number of hydrogen-bond donors (Lipinski definition) is 1. The molecule has 0 aliphatic rings. The van der Waals surface area contributed by atoms with Gasteiger partial charge in [0, 0.05) is 5.69 Å². The van der Waals surface area contributed by atoms with Crippen LogP contribution >= 0.6 is 0 Å². The predicted octanol–water partition coefficient (Wildman–Crippen LogP) is 5.20. The number of para-hydroxylation sites is 1. The van der Waals surface area contributed by atoms with Crippen molar-refractivity contribution in [2.24, 2.45) is 0 Å². The van der Waals surface area contributed by atoms with Gasteiger partial charge in [-0.2, -0.15) is 5.26 Å². The molecule has 6 heteroatoms. The topological polar surface area (TPSA) is 88.4 Å². The number of benzene rings is 3. The lowest BCUT2D eigenvalue weighted by atomic mass is 10.1. The van der Waals surface area contributed by atoms with E-state index in [9.17, 15) is 14.9 Å². The van der Waals surface area contributed by atoms with Gasteiger partial charge in [-0.3, -0.25) is 4.79 Å². The first-order valence-electron chi connectivity index (χ1n) is 9.62. The van der Waals surface area contributed by atoms with Gasteiger partial charge in [0.05, 0.1) is 12.2 Å². The number of anilines is 1. The van der Waals surface area contributed by atoms with Gasteiger partial charge in [0.25, 0.3) is 5.91 Å². The van der Waals surface area contributed by atoms with Crippen LogP contribution in [0.1, 0.15) is 22.8 Å². The highest BCUT2D eigenvalue weighted by Crippen LogP contribution is 2.22. The molecule has 0 aliphatic carbocycles. The Bertz CT molecular complexity index is 1110. The monoisotopic (exact) mass is 412 g/mol. The quantitative estimate of drug-likeness (QED) is 0.327. The molecule has 1 amide bonds. The molecular weight excluding hydrogens is 392 g/mol. The Kier molecular flexibility index (Phi) is 7.17. The van der Waals surface area contributed by atoms with Gasteiger partial charge in [-0.25, -0.2) is 4.79 Å². The van der Waals surface area contributed by atoms with Gasteiger partial charge in [0.2, 0.25) is 0 Å². The van der Waals surface area contributed by atoms with Crippen molar-refractivity contribution in [3.05, 3.63) is 95.6 Å². The summed E-state index contributed by atoms with van der Waals surface area (Å²) >= 11 is 0. The molecule has 0 aliphatic heterocycles. The second kappa shape index (κ2) is 10.4. The summed E-state index contributed by atoms with van der Waals surface area (Å²) in [5, 5.41) is 12.0. The summed E-state index contributed by atoms with van der Waals surface area (Å²) in [6.45, 7) is 2.01. The van der Waals surface area contributed by atoms with Crippen molar-refractivity contribution in [2.45, 2.75) is 6.92 Å². The number of carbonyl (C=O) groups is 2. The number of nitrogens with zero attached hydrogens (tertiary/aromatic N) is 1. The third-order valence-electron chi connectivity index (χ3n) is 4.19. The van der Waals surface area contributed by atoms with Crippen LogP contribution < -0.4 is 10.1 Å². The lowest BCUT2D eigenvalue weighted by molar-refractivity contribution is -0.112. The summed E-state index contributed by atoms with van der Waals surface area (Å²) in [5.74, 6) is 0.388. The minimum atomic E-state index is -0.545. The normalized spacial score (nSPS) is 10.6. The largest absolute Gasteiger partial charge is 0.462 e. The maximum absolute atomic E-state index is 12.5. The van der Waals surface area contributed by atoms with Gasteiger partial charge < -0.3 is 14.8 Å². The SMILES string of the molecule is CCOC(=O)c1ccc(NC(=O)C(C#N)=Cc2ccc(Oc3ccccc3)cc2)cc1. The zero-order valence-corrected chi connectivity index (χ0v) is 16.9. The van der Waals surface area contributed by atoms with Crippen LogP contribution in [0.4, 0.5) is 5.69 Å². The molecule has 154 valence electrons. The Morgan fingerprint density at radius 3 is 2.19 bits per heavy atom. The summed E-state index contributed by atoms with van der Waals surface area (Å²) in [7, 11) is 0. The Labute approximate surface area is 180 Å². The predicted molar refractivity (Wildman–Crippen MR) is 118 cm³/mol. The van der Waals surface area contributed by atoms with Gasteiger partial charge in [-0.15, -0.1) is 0 Å². The zero-order chi connectivity index (χ0) is 22.1. The lowest BCUT2D eigenvalue weighted by Gasteiger charge is -2.07. The van der Waals surface area contributed by atoms with E-state index in [1.807, 2.05) is 36.4 Å². The Morgan fingerprint density at radius 2 is 1.58 bits per heavy atom. The summed E-state index contributed by atoms with van der Waals surface area (Å²) in [4.78, 5) is 24.2. The molecule has 1 N–H and O–H groups in total. The maximum atomic E-state index is 12.5. The minimum absolute atomic E-state index is 0.0498. The van der Waals surface area contributed by atoms with E-state index in [2.05, 4.69) is 5.32 Å². The third-order valence-corrected chi connectivity index (χ3v) is 4.19. The summed E-state index contributed by atoms with van der Waals surface area (Å²) in [5.41, 5.74) is 1.48. The number of carbonyl (C=O) groups excluding carboxylic acids is 2. The van der Waals surface area contributed by atoms with Crippen LogP contribution in [0, 0.1) is 11.3 Å². The lowest BCUT2D eigenvalue weighted by Crippen LogP contribution is -2.13. The van der Waals surface area contributed by atoms with Crippen LogP contribution in [-0.2, 0) is 9.53 Å². The van der Waals surface area contributed by atoms with E-state index in [1.54, 1.807) is 55.5 Å². The van der Waals surface area contributed by atoms with Gasteiger partial charge in [-0.1, -0.05) is 30.3 Å². The first kappa shape index (κ1) is 21.3. The highest BCUT2D eigenvalue weighted by molar-refractivity contribution is 6.09. The molecule has 0 saturated heterocycles. The van der Waals surface area contributed by atoms with Crippen molar-refractivity contribution in [1.82, 2.24) is 0 Å². The fourth-order valence-corrected chi connectivity index (χ4v) is 2.67. The molecule has 0 heterocycles. The third kappa shape index (κ3) is 6.05. The Morgan fingerprint density at radius 1 is 0.935 bits per heavy atom. The average molecular weight is 412 g/mol. The Balaban J connectivity index is 1.66. The van der Waals surface area contributed by atoms with Crippen LogP contribution in [0.15, 0.2) is 84.4 Å². The molecule has 0 aromatic heterocycles. The maximum Gasteiger partial charge on any atom is 0.338 e. The van der Waals surface area contributed by atoms with Crippen molar-refractivity contribution in [3.63, 3.8) is 0 Å². The second-order valence-corrected chi connectivity index (χ2v) is 6.41. The fraction of sp³-hybridized carbons (Fsp3) is 0.0800. The van der Waals surface area contributed by atoms with Crippen LogP contribution in [0.2, 0.25) is 0 Å². The number of amides is 1. The van der Waals surface area contributed by atoms with E-state index in [4.69, 9.17) is 9.47 Å². The summed E-state index contributed by atoms with van der Waals surface area (Å²) in [6.07, 6.45) is 1.49. The summed E-state index contributed by atoms with van der Waals surface area (Å²) < 4.78 is 10.7. The average Bonchev–Trinajstić information content (AvgIpc) is 2.80. The standard InChI is InChI=1S/C25H20N2O4/c1-2-30-25(29)19-10-12-21(13-11-19)27-24(28)20(17-26)16-18-8-14-23(15-9-18)31-22-6-4-3-5-7-22/h3-16H,2H2,1H3,(H,27,28). The van der Waals surface area contributed by atoms with E-state index in [-0.39, 0.29) is 12.2 Å². The molecule has 0 spiro atoms. The van der Waals surface area contributed by atoms with Crippen molar-refractivity contribution < 1.29 is 19.1 Å². The molecule has 31 heavy (non-hydrogen) atoms. The van der Waals surface area contributed by atoms with Crippen molar-refractivity contribution in [1.29, 1.82) is 5.26 Å². The van der Waals surface area contributed by atoms with Gasteiger partial charge >= 0.3 is 5.97 Å². The number of ether oxygens (including phenoxy) is 2. The molecule has 0 bridgehead atoms. The first-order valence-corrected chi connectivity index (χ1v) is 9.62. The number of nitriles is 1. The molecule has 3 rings (SSSR count). The molecular formula is C25H20N2O4. The van der Waals surface area contributed by atoms with Crippen molar-refractivity contribution >= 4 is 23.6 Å². The van der Waals surface area contributed by atoms with E-state index in [1.165, 1.54) is 6.08 Å². The number of nitrogens with one attached hydrogen (secondary N) is 1. The van der Waals surface area contributed by atoms with E-state index in [0.717, 1.165) is 5.75 Å². The van der Waals surface area contributed by atoms with E-state index >= 15 is 0 Å². The zero-order valence-electron chi connectivity index (χ0n) is 16.9. The number of rotatable bonds is 7. The van der Waals surface area contributed by atoms with Crippen LogP contribution in [0.5, 0.6) is 11.5 Å². The van der Waals surface area contributed by atoms with Gasteiger partial charge in [0.15, 0.2) is 0 Å². The molecule has 0 fully saturated rings. The highest BCUT2D eigenvalue weighted by Gasteiger charge is 2.11. The molecule has 0 saturated carbocycles. The van der Waals surface area contributed by atoms with Gasteiger partial charge in [0.1, 0.15) is 23.1 Å². The number of esters is 1. The van der Waals surface area contributed by atoms with Crippen molar-refractivity contribution in [2.75, 3.05) is 11.9 Å². The smallest absolute Gasteiger partial charge is 0.338 e. The van der Waals surface area contributed by atoms with E-state index < -0.39 is 11.9 Å². The minimum Gasteiger partial charge on any atom is -0.462 e. The van der Waals surface area contributed by atoms with Gasteiger partial charge in [-0.05, 0) is 67.1 Å². The van der Waals surface area contributed by atoms with Crippen LogP contribution in [0.3, 0.4) is 0 Å². The number of hydrogen-bond acceptors (Lipinski definition) is 5. The van der Waals surface area contributed by atoms with Crippen LogP contribution in [-0.4, -0.2) is 18.5 Å². The molecule has 3 aromatic rings. The van der Waals surface area contributed by atoms with Crippen LogP contribution in [0.25, 0.3) is 6.08 Å². The van der Waals surface area contributed by atoms with E-state index in [0.29, 0.717) is 22.6 Å². The second-order valence-electron chi connectivity index (χ2n) is 6.41. The first-order chi connectivity index (χ1) is 15.1. The Hall–Kier alpha value is -4.37. The summed E-state index contributed by atoms with van der Waals surface area (Å²) in [6, 6.07) is 24.6. The fourth-order valence-electron chi connectivity index (χ4n) is 2.67. The molecule has 0 unspecified atom stereocenters. The molecule has 6 nitrogen and oxygen atoms in total. The molecule has 3 aromatic carbocycles. The highest BCUT2D eigenvalue weighted by atomic mass is 16.5. The van der Waals surface area contributed by atoms with Crippen molar-refractivity contribution in [3.8, 4) is 17.6 Å². The molecule has 0 radical (unpaired) electrons.